The average molecular weight is 529 g/mol. The van der Waals surface area contributed by atoms with Crippen LogP contribution in [0.3, 0.4) is 0 Å². The summed E-state index contributed by atoms with van der Waals surface area (Å²) >= 11 is 1.17. The Labute approximate surface area is 211 Å². The fraction of sp³-hybridized carbons (Fsp3) is 0.304. The van der Waals surface area contributed by atoms with Crippen molar-refractivity contribution in [1.82, 2.24) is 24.3 Å². The predicted molar refractivity (Wildman–Crippen MR) is 135 cm³/mol. The lowest BCUT2D eigenvalue weighted by molar-refractivity contribution is 0.0699. The van der Waals surface area contributed by atoms with Crippen LogP contribution >= 0.6 is 11.3 Å². The lowest BCUT2D eigenvalue weighted by atomic mass is 10.1. The number of nitrogens with zero attached hydrogens (tertiary/aromatic N) is 5. The van der Waals surface area contributed by atoms with Gasteiger partial charge < -0.3 is 14.9 Å². The summed E-state index contributed by atoms with van der Waals surface area (Å²) in [5.41, 5.74) is 0.509. The van der Waals surface area contributed by atoms with E-state index in [1.54, 1.807) is 30.3 Å². The average Bonchev–Trinajstić information content (AvgIpc) is 3.57. The summed E-state index contributed by atoms with van der Waals surface area (Å²) in [6, 6.07) is 10.0. The number of carboxylic acid groups (broad SMARTS) is 1. The number of carbonyl (C=O) groups is 1. The van der Waals surface area contributed by atoms with Gasteiger partial charge in [0.1, 0.15) is 16.4 Å². The Hall–Kier alpha value is -3.39. The Morgan fingerprint density at radius 3 is 2.69 bits per heavy atom. The molecule has 188 valence electrons. The Morgan fingerprint density at radius 2 is 1.97 bits per heavy atom. The normalized spacial score (nSPS) is 16.2. The van der Waals surface area contributed by atoms with Gasteiger partial charge in [-0.15, -0.1) is 11.3 Å². The Bertz CT molecular complexity index is 1480. The molecule has 0 amide bonds. The highest BCUT2D eigenvalue weighted by Crippen LogP contribution is 2.32. The first-order valence-corrected chi connectivity index (χ1v) is 13.6. The number of fused-ring (bicyclic) bond motifs is 1. The molecular weight excluding hydrogens is 504 g/mol. The largest absolute Gasteiger partial charge is 0.478 e. The second-order valence-electron chi connectivity index (χ2n) is 8.47. The van der Waals surface area contributed by atoms with E-state index < -0.39 is 16.0 Å². The van der Waals surface area contributed by atoms with Gasteiger partial charge in [-0.3, -0.25) is 4.90 Å². The number of sulfonamides is 1. The number of aromatic nitrogens is 3. The van der Waals surface area contributed by atoms with Gasteiger partial charge in [0.05, 0.1) is 22.2 Å². The molecule has 1 fully saturated rings. The van der Waals surface area contributed by atoms with E-state index in [9.17, 15) is 18.3 Å². The van der Waals surface area contributed by atoms with Crippen molar-refractivity contribution in [3.63, 3.8) is 0 Å². The molecule has 2 N–H and O–H groups in total. The summed E-state index contributed by atoms with van der Waals surface area (Å²) in [4.78, 5) is 22.9. The third-order valence-electron chi connectivity index (χ3n) is 6.00. The highest BCUT2D eigenvalue weighted by atomic mass is 32.2. The van der Waals surface area contributed by atoms with Crippen molar-refractivity contribution in [2.24, 2.45) is 0 Å². The van der Waals surface area contributed by atoms with Crippen molar-refractivity contribution in [2.75, 3.05) is 38.0 Å². The Morgan fingerprint density at radius 1 is 1.17 bits per heavy atom. The molecule has 0 radical (unpaired) electrons. The van der Waals surface area contributed by atoms with Crippen LogP contribution in [0.4, 0.5) is 5.82 Å². The van der Waals surface area contributed by atoms with Crippen LogP contribution in [0, 0.1) is 0 Å². The van der Waals surface area contributed by atoms with Crippen LogP contribution in [0.2, 0.25) is 0 Å². The quantitative estimate of drug-likeness (QED) is 0.350. The SMILES string of the molecule is CC(CN1CCN(S(=O)(=O)c2ccc(-c3ccno3)s2)CC1)Nc1ncnc2c(C(=O)O)cccc12. The second kappa shape index (κ2) is 9.93. The van der Waals surface area contributed by atoms with E-state index in [-0.39, 0.29) is 15.8 Å². The van der Waals surface area contributed by atoms with Gasteiger partial charge in [-0.25, -0.2) is 23.2 Å². The molecule has 0 bridgehead atoms. The summed E-state index contributed by atoms with van der Waals surface area (Å²) in [5.74, 6) is 0.0725. The zero-order chi connectivity index (χ0) is 25.3. The molecule has 4 aromatic rings. The lowest BCUT2D eigenvalue weighted by Gasteiger charge is -2.35. The number of hydrogen-bond donors (Lipinski definition) is 2. The van der Waals surface area contributed by atoms with Crippen LogP contribution in [-0.4, -0.2) is 82.6 Å². The standard InChI is InChI=1S/C23H24N6O5S2/c1-15(27-22-16-3-2-4-17(23(30)31)21(16)24-14-25-22)13-28-9-11-29(12-10-28)36(32,33)20-6-5-19(35-20)18-7-8-26-34-18/h2-8,14-15H,9-13H2,1H3,(H,30,31)(H,24,25,27). The van der Waals surface area contributed by atoms with Crippen LogP contribution in [0.5, 0.6) is 0 Å². The minimum absolute atomic E-state index is 0.0125. The van der Waals surface area contributed by atoms with E-state index in [2.05, 4.69) is 25.3 Å². The molecule has 1 aliphatic rings. The van der Waals surface area contributed by atoms with E-state index in [0.717, 1.165) is 4.88 Å². The molecule has 0 saturated carbocycles. The minimum Gasteiger partial charge on any atom is -0.478 e. The number of piperazine rings is 1. The van der Waals surface area contributed by atoms with E-state index in [4.69, 9.17) is 4.52 Å². The number of hydrogen-bond acceptors (Lipinski definition) is 10. The molecule has 4 heterocycles. The summed E-state index contributed by atoms with van der Waals surface area (Å²) in [7, 11) is -3.59. The Balaban J connectivity index is 1.20. The molecule has 1 aliphatic heterocycles. The molecule has 36 heavy (non-hydrogen) atoms. The highest BCUT2D eigenvalue weighted by Gasteiger charge is 2.30. The second-order valence-corrected chi connectivity index (χ2v) is 11.7. The van der Waals surface area contributed by atoms with Crippen molar-refractivity contribution < 1.29 is 22.8 Å². The van der Waals surface area contributed by atoms with Crippen LogP contribution in [0.25, 0.3) is 21.5 Å². The third kappa shape index (κ3) is 4.82. The zero-order valence-corrected chi connectivity index (χ0v) is 21.0. The lowest BCUT2D eigenvalue weighted by Crippen LogP contribution is -2.50. The molecule has 1 unspecified atom stereocenters. The number of nitrogens with one attached hydrogen (secondary N) is 1. The summed E-state index contributed by atoms with van der Waals surface area (Å²) < 4.78 is 33.2. The van der Waals surface area contributed by atoms with Gasteiger partial charge in [-0.2, -0.15) is 4.31 Å². The summed E-state index contributed by atoms with van der Waals surface area (Å²) in [5, 5.41) is 17.1. The zero-order valence-electron chi connectivity index (χ0n) is 19.4. The monoisotopic (exact) mass is 528 g/mol. The Kier molecular flexibility index (Phi) is 6.71. The van der Waals surface area contributed by atoms with Crippen molar-refractivity contribution in [3.8, 4) is 10.6 Å². The smallest absolute Gasteiger partial charge is 0.337 e. The minimum atomic E-state index is -3.59. The van der Waals surface area contributed by atoms with Gasteiger partial charge in [0.15, 0.2) is 5.76 Å². The molecule has 3 aromatic heterocycles. The molecular formula is C23H24N6O5S2. The van der Waals surface area contributed by atoms with E-state index in [1.807, 2.05) is 6.92 Å². The van der Waals surface area contributed by atoms with Crippen molar-refractivity contribution in [3.05, 3.63) is 54.5 Å². The number of rotatable bonds is 8. The van der Waals surface area contributed by atoms with E-state index in [0.29, 0.717) is 55.2 Å². The van der Waals surface area contributed by atoms with Crippen molar-refractivity contribution in [1.29, 1.82) is 0 Å². The van der Waals surface area contributed by atoms with Crippen molar-refractivity contribution in [2.45, 2.75) is 17.2 Å². The van der Waals surface area contributed by atoms with Crippen LogP contribution in [0.15, 0.2) is 57.7 Å². The van der Waals surface area contributed by atoms with E-state index in [1.165, 1.54) is 34.2 Å². The molecule has 13 heteroatoms. The first-order chi connectivity index (χ1) is 17.3. The van der Waals surface area contributed by atoms with Gasteiger partial charge in [-0.05, 0) is 31.2 Å². The first-order valence-electron chi connectivity index (χ1n) is 11.3. The third-order valence-corrected chi connectivity index (χ3v) is 9.46. The van der Waals surface area contributed by atoms with Crippen molar-refractivity contribution >= 4 is 44.1 Å². The van der Waals surface area contributed by atoms with Crippen LogP contribution in [-0.2, 0) is 10.0 Å². The number of aromatic carboxylic acids is 1. The van der Waals surface area contributed by atoms with E-state index >= 15 is 0 Å². The summed E-state index contributed by atoms with van der Waals surface area (Å²) in [6.07, 6.45) is 2.88. The maximum absolute atomic E-state index is 13.1. The van der Waals surface area contributed by atoms with Gasteiger partial charge in [0, 0.05) is 50.2 Å². The number of benzene rings is 1. The number of thiophene rings is 1. The number of anilines is 1. The summed E-state index contributed by atoms with van der Waals surface area (Å²) in [6.45, 7) is 4.66. The fourth-order valence-corrected chi connectivity index (χ4v) is 7.10. The molecule has 1 atom stereocenters. The predicted octanol–water partition coefficient (Wildman–Crippen LogP) is 2.85. The first kappa shape index (κ1) is 24.3. The van der Waals surface area contributed by atoms with Gasteiger partial charge in [0.25, 0.3) is 10.0 Å². The molecule has 0 aliphatic carbocycles. The molecule has 0 spiro atoms. The fourth-order valence-electron chi connectivity index (χ4n) is 4.26. The number of para-hydroxylation sites is 1. The van der Waals surface area contributed by atoms with Gasteiger partial charge in [-0.1, -0.05) is 11.2 Å². The molecule has 5 rings (SSSR count). The molecule has 1 saturated heterocycles. The number of carboxylic acids is 1. The van der Waals surface area contributed by atoms with Crippen LogP contribution < -0.4 is 5.32 Å². The topological polar surface area (TPSA) is 142 Å². The maximum atomic E-state index is 13.1. The van der Waals surface area contributed by atoms with Gasteiger partial charge in [0.2, 0.25) is 0 Å². The highest BCUT2D eigenvalue weighted by molar-refractivity contribution is 7.91. The maximum Gasteiger partial charge on any atom is 0.337 e. The van der Waals surface area contributed by atoms with Gasteiger partial charge >= 0.3 is 5.97 Å². The van der Waals surface area contributed by atoms with Crippen LogP contribution in [0.1, 0.15) is 17.3 Å². The molecule has 11 nitrogen and oxygen atoms in total. The molecule has 1 aromatic carbocycles.